The molecule has 0 spiro atoms. The molecule has 0 fully saturated rings. The summed E-state index contributed by atoms with van der Waals surface area (Å²) in [6.45, 7) is 1.23. The van der Waals surface area contributed by atoms with Gasteiger partial charge in [-0.25, -0.2) is 0 Å². The molecule has 0 amide bonds. The zero-order chi connectivity index (χ0) is 11.6. The fourth-order valence-electron chi connectivity index (χ4n) is 1.14. The molecule has 0 atom stereocenters. The minimum Gasteiger partial charge on any atom is -0.388 e. The van der Waals surface area contributed by atoms with E-state index in [1.165, 1.54) is 20.0 Å². The number of hydrogen-bond acceptors (Lipinski definition) is 2. The van der Waals surface area contributed by atoms with E-state index in [-0.39, 0.29) is 11.3 Å². The van der Waals surface area contributed by atoms with E-state index in [9.17, 15) is 18.0 Å². The molecule has 0 saturated heterocycles. The van der Waals surface area contributed by atoms with Crippen molar-refractivity contribution < 1.29 is 18.0 Å². The van der Waals surface area contributed by atoms with Gasteiger partial charge in [-0.15, -0.1) is 0 Å². The summed E-state index contributed by atoms with van der Waals surface area (Å²) in [5, 5.41) is 2.58. The Morgan fingerprint density at radius 2 is 1.87 bits per heavy atom. The summed E-state index contributed by atoms with van der Waals surface area (Å²) in [7, 11) is 1.50. The van der Waals surface area contributed by atoms with E-state index < -0.39 is 17.5 Å². The van der Waals surface area contributed by atoms with E-state index in [2.05, 4.69) is 5.32 Å². The van der Waals surface area contributed by atoms with Crippen LogP contribution in [0.4, 0.5) is 18.9 Å². The molecule has 0 aromatic heterocycles. The Morgan fingerprint density at radius 1 is 1.27 bits per heavy atom. The number of alkyl halides is 3. The lowest BCUT2D eigenvalue weighted by Crippen LogP contribution is -2.08. The fraction of sp³-hybridized carbons (Fsp3) is 0.300. The molecule has 0 saturated carbocycles. The maximum absolute atomic E-state index is 12.4. The zero-order valence-corrected chi connectivity index (χ0v) is 8.27. The largest absolute Gasteiger partial charge is 0.416 e. The van der Waals surface area contributed by atoms with Crippen LogP contribution in [0.5, 0.6) is 0 Å². The van der Waals surface area contributed by atoms with E-state index in [0.717, 1.165) is 12.1 Å². The van der Waals surface area contributed by atoms with E-state index >= 15 is 0 Å². The maximum Gasteiger partial charge on any atom is 0.416 e. The lowest BCUT2D eigenvalue weighted by Gasteiger charge is -2.10. The summed E-state index contributed by atoms with van der Waals surface area (Å²) in [6, 6.07) is 3.20. The first-order valence-corrected chi connectivity index (χ1v) is 4.25. The summed E-state index contributed by atoms with van der Waals surface area (Å²) < 4.78 is 37.2. The van der Waals surface area contributed by atoms with E-state index in [1.807, 2.05) is 0 Å². The van der Waals surface area contributed by atoms with Crippen molar-refractivity contribution in [3.05, 3.63) is 29.3 Å². The number of nitrogens with one attached hydrogen (secondary N) is 1. The third-order valence-corrected chi connectivity index (χ3v) is 1.96. The lowest BCUT2D eigenvalue weighted by atomic mass is 10.1. The number of carbonyl (C=O) groups is 1. The molecule has 82 valence electrons. The van der Waals surface area contributed by atoms with Crippen LogP contribution in [-0.4, -0.2) is 12.8 Å². The molecule has 1 rings (SSSR count). The van der Waals surface area contributed by atoms with Crippen LogP contribution < -0.4 is 5.32 Å². The number of benzene rings is 1. The molecule has 0 heterocycles. The SMILES string of the molecule is CNc1cc(C(C)=O)cc(C(F)(F)F)c1. The molecule has 0 aliphatic carbocycles. The van der Waals surface area contributed by atoms with Crippen LogP contribution in [0, 0.1) is 0 Å². The fourth-order valence-corrected chi connectivity index (χ4v) is 1.14. The van der Waals surface area contributed by atoms with Gasteiger partial charge in [-0.3, -0.25) is 4.79 Å². The van der Waals surface area contributed by atoms with Gasteiger partial charge in [-0.2, -0.15) is 13.2 Å². The van der Waals surface area contributed by atoms with Gasteiger partial charge in [-0.05, 0) is 25.1 Å². The second-order valence-electron chi connectivity index (χ2n) is 3.10. The minimum atomic E-state index is -4.43. The van der Waals surface area contributed by atoms with E-state index in [1.54, 1.807) is 0 Å². The molecule has 0 unspecified atom stereocenters. The van der Waals surface area contributed by atoms with Crippen LogP contribution in [0.15, 0.2) is 18.2 Å². The molecule has 0 bridgehead atoms. The predicted molar refractivity (Wildman–Crippen MR) is 51.0 cm³/mol. The normalized spacial score (nSPS) is 11.3. The van der Waals surface area contributed by atoms with Crippen molar-refractivity contribution in [1.82, 2.24) is 0 Å². The molecular formula is C10H10F3NO. The van der Waals surface area contributed by atoms with Crippen LogP contribution in [0.1, 0.15) is 22.8 Å². The van der Waals surface area contributed by atoms with E-state index in [0.29, 0.717) is 0 Å². The zero-order valence-electron chi connectivity index (χ0n) is 8.27. The molecule has 1 aromatic carbocycles. The first-order chi connectivity index (χ1) is 6.84. The average Bonchev–Trinajstić information content (AvgIpc) is 2.15. The third kappa shape index (κ3) is 2.71. The second kappa shape index (κ2) is 3.92. The quantitative estimate of drug-likeness (QED) is 0.771. The van der Waals surface area contributed by atoms with Crippen molar-refractivity contribution in [3.8, 4) is 0 Å². The highest BCUT2D eigenvalue weighted by Gasteiger charge is 2.31. The van der Waals surface area contributed by atoms with Gasteiger partial charge in [0.25, 0.3) is 0 Å². The van der Waals surface area contributed by atoms with Gasteiger partial charge in [-0.1, -0.05) is 0 Å². The van der Waals surface area contributed by atoms with Crippen molar-refractivity contribution in [3.63, 3.8) is 0 Å². The third-order valence-electron chi connectivity index (χ3n) is 1.96. The Bertz CT molecular complexity index is 385. The van der Waals surface area contributed by atoms with Crippen LogP contribution >= 0.6 is 0 Å². The van der Waals surface area contributed by atoms with Crippen LogP contribution in [0.2, 0.25) is 0 Å². The maximum atomic E-state index is 12.4. The first-order valence-electron chi connectivity index (χ1n) is 4.25. The molecule has 0 aliphatic heterocycles. The van der Waals surface area contributed by atoms with Crippen LogP contribution in [0.25, 0.3) is 0 Å². The molecule has 5 heteroatoms. The monoisotopic (exact) mass is 217 g/mol. The molecule has 2 nitrogen and oxygen atoms in total. The van der Waals surface area contributed by atoms with E-state index in [4.69, 9.17) is 0 Å². The first kappa shape index (κ1) is 11.6. The molecule has 1 N–H and O–H groups in total. The number of halogens is 3. The highest BCUT2D eigenvalue weighted by Crippen LogP contribution is 2.31. The summed E-state index contributed by atoms with van der Waals surface area (Å²) in [5.74, 6) is -0.391. The van der Waals surface area contributed by atoms with Crippen molar-refractivity contribution in [2.45, 2.75) is 13.1 Å². The summed E-state index contributed by atoms with van der Waals surface area (Å²) >= 11 is 0. The number of rotatable bonds is 2. The Labute approximate surface area is 85.1 Å². The van der Waals surface area contributed by atoms with Crippen LogP contribution in [-0.2, 0) is 6.18 Å². The molecule has 15 heavy (non-hydrogen) atoms. The summed E-state index contributed by atoms with van der Waals surface area (Å²) in [6.07, 6.45) is -4.43. The highest BCUT2D eigenvalue weighted by molar-refractivity contribution is 5.95. The number of carbonyl (C=O) groups excluding carboxylic acids is 1. The average molecular weight is 217 g/mol. The topological polar surface area (TPSA) is 29.1 Å². The van der Waals surface area contributed by atoms with Gasteiger partial charge in [0.05, 0.1) is 5.56 Å². The van der Waals surface area contributed by atoms with Gasteiger partial charge < -0.3 is 5.32 Å². The van der Waals surface area contributed by atoms with Crippen molar-refractivity contribution in [2.24, 2.45) is 0 Å². The van der Waals surface area contributed by atoms with Gasteiger partial charge in [0.2, 0.25) is 0 Å². The minimum absolute atomic E-state index is 0.0502. The standard InChI is InChI=1S/C10H10F3NO/c1-6(15)7-3-8(10(11,12)13)5-9(4-7)14-2/h3-5,14H,1-2H3. The number of Topliss-reactive ketones (excluding diaryl/α,β-unsaturated/α-hetero) is 1. The Kier molecular flexibility index (Phi) is 3.02. The number of anilines is 1. The number of ketones is 1. The van der Waals surface area contributed by atoms with Gasteiger partial charge in [0.1, 0.15) is 0 Å². The predicted octanol–water partition coefficient (Wildman–Crippen LogP) is 2.95. The smallest absolute Gasteiger partial charge is 0.388 e. The molecule has 0 aliphatic rings. The van der Waals surface area contributed by atoms with Gasteiger partial charge in [0.15, 0.2) is 5.78 Å². The van der Waals surface area contributed by atoms with Gasteiger partial charge in [0, 0.05) is 18.3 Å². The Morgan fingerprint density at radius 3 is 2.27 bits per heavy atom. The summed E-state index contributed by atoms with van der Waals surface area (Å²) in [4.78, 5) is 11.0. The summed E-state index contributed by atoms with van der Waals surface area (Å²) in [5.41, 5.74) is -0.497. The Balaban J connectivity index is 3.30. The molecule has 1 aromatic rings. The van der Waals surface area contributed by atoms with Crippen molar-refractivity contribution in [2.75, 3.05) is 12.4 Å². The lowest BCUT2D eigenvalue weighted by molar-refractivity contribution is -0.137. The molecule has 0 radical (unpaired) electrons. The van der Waals surface area contributed by atoms with Crippen LogP contribution in [0.3, 0.4) is 0 Å². The number of hydrogen-bond donors (Lipinski definition) is 1. The second-order valence-corrected chi connectivity index (χ2v) is 3.10. The molecular weight excluding hydrogens is 207 g/mol. The van der Waals surface area contributed by atoms with Crippen molar-refractivity contribution >= 4 is 11.5 Å². The van der Waals surface area contributed by atoms with Crippen molar-refractivity contribution in [1.29, 1.82) is 0 Å². The van der Waals surface area contributed by atoms with Gasteiger partial charge >= 0.3 is 6.18 Å². The Hall–Kier alpha value is -1.52. The highest BCUT2D eigenvalue weighted by atomic mass is 19.4.